The molecule has 3 heteroatoms. The van der Waals surface area contributed by atoms with Crippen molar-refractivity contribution >= 4 is 27.9 Å². The van der Waals surface area contributed by atoms with Crippen molar-refractivity contribution in [3.8, 4) is 0 Å². The molecule has 0 nitrogen and oxygen atoms in total. The summed E-state index contributed by atoms with van der Waals surface area (Å²) >= 11 is 0. The minimum absolute atomic E-state index is 0.826. The molecule has 0 unspecified atom stereocenters. The Bertz CT molecular complexity index is 1370. The van der Waals surface area contributed by atoms with Crippen molar-refractivity contribution < 1.29 is 0 Å². The fourth-order valence-corrected chi connectivity index (χ4v) is 25.4. The zero-order chi connectivity index (χ0) is 26.3. The maximum Gasteiger partial charge on any atom is 0.0104 e. The average molecular weight is 561 g/mol. The summed E-state index contributed by atoms with van der Waals surface area (Å²) in [5.41, 5.74) is 0. The van der Waals surface area contributed by atoms with Crippen LogP contribution in [-0.2, 0) is 0 Å². The first-order chi connectivity index (χ1) is 19.4. The first-order valence-corrected chi connectivity index (χ1v) is 18.7. The Labute approximate surface area is 238 Å². The van der Waals surface area contributed by atoms with Crippen LogP contribution in [0.15, 0.2) is 211 Å². The first-order valence-electron chi connectivity index (χ1n) is 13.1. The van der Waals surface area contributed by atoms with Gasteiger partial charge in [-0.25, -0.2) is 0 Å². The summed E-state index contributed by atoms with van der Waals surface area (Å²) in [7, 11) is -3.37. The molecule has 6 aromatic carbocycles. The van der Waals surface area contributed by atoms with Gasteiger partial charge in [0.2, 0.25) is 0 Å². The average Bonchev–Trinajstić information content (AvgIpc) is 3.03. The highest BCUT2D eigenvalue weighted by atomic mass is 33.6. The van der Waals surface area contributed by atoms with Gasteiger partial charge >= 0.3 is 0 Å². The summed E-state index contributed by atoms with van der Waals surface area (Å²) < 4.78 is 0. The summed E-state index contributed by atoms with van der Waals surface area (Å²) in [6.45, 7) is 0. The normalized spacial score (nSPS) is 12.4. The second kappa shape index (κ2) is 12.0. The Hall–Kier alpha value is -3.63. The standard InChI is InChI=1S/C36H32S3/c1-7-19-31(20-8-1)37(32-21-9-2-10-22-32)39(35-27-15-5-16-28-35,36-29-17-6-18-30-36)38(33-23-11-3-12-24-33)34-25-13-4-14-26-34/h1-30,37-38H. The Kier molecular flexibility index (Phi) is 7.92. The molecule has 0 bridgehead atoms. The van der Waals surface area contributed by atoms with E-state index in [0.29, 0.717) is 0 Å². The SMILES string of the molecule is c1ccc([SH](c2ccccc2)S(c2ccccc2)(c2ccccc2)[SH](c2ccccc2)c2ccccc2)cc1. The molecule has 0 aliphatic carbocycles. The molecule has 0 saturated heterocycles. The third-order valence-electron chi connectivity index (χ3n) is 6.64. The zero-order valence-corrected chi connectivity index (χ0v) is 24.2. The van der Waals surface area contributed by atoms with Gasteiger partial charge in [-0.3, -0.25) is 0 Å². The number of hydrogen-bond donors (Lipinski definition) is 2. The zero-order valence-electron chi connectivity index (χ0n) is 21.6. The smallest absolute Gasteiger partial charge is 0.0104 e. The highest BCUT2D eigenvalue weighted by Crippen LogP contribution is 2.97. The fraction of sp³-hybridized carbons (Fsp3) is 0. The van der Waals surface area contributed by atoms with Crippen LogP contribution in [0.3, 0.4) is 0 Å². The van der Waals surface area contributed by atoms with Crippen LogP contribution in [-0.4, -0.2) is 0 Å². The molecule has 0 atom stereocenters. The lowest BCUT2D eigenvalue weighted by Crippen LogP contribution is -2.07. The predicted molar refractivity (Wildman–Crippen MR) is 174 cm³/mol. The molecule has 39 heavy (non-hydrogen) atoms. The van der Waals surface area contributed by atoms with Crippen LogP contribution < -0.4 is 0 Å². The van der Waals surface area contributed by atoms with E-state index in [4.69, 9.17) is 0 Å². The molecule has 0 aromatic heterocycles. The van der Waals surface area contributed by atoms with Crippen LogP contribution in [0, 0.1) is 0 Å². The molecule has 0 fully saturated rings. The van der Waals surface area contributed by atoms with Gasteiger partial charge in [0, 0.05) is 29.4 Å². The van der Waals surface area contributed by atoms with E-state index in [1.165, 1.54) is 29.4 Å². The van der Waals surface area contributed by atoms with E-state index in [1.807, 2.05) is 0 Å². The molecule has 6 aromatic rings. The van der Waals surface area contributed by atoms with E-state index in [9.17, 15) is 0 Å². The van der Waals surface area contributed by atoms with Gasteiger partial charge in [0.25, 0.3) is 0 Å². The van der Waals surface area contributed by atoms with Gasteiger partial charge in [0.15, 0.2) is 0 Å². The summed E-state index contributed by atoms with van der Waals surface area (Å²) in [5, 5.41) is 0. The summed E-state index contributed by atoms with van der Waals surface area (Å²) in [5.74, 6) is 0. The minimum atomic E-state index is -1.72. The molecule has 0 heterocycles. The van der Waals surface area contributed by atoms with E-state index >= 15 is 0 Å². The van der Waals surface area contributed by atoms with Crippen LogP contribution in [0.25, 0.3) is 0 Å². The molecule has 0 aliphatic heterocycles. The van der Waals surface area contributed by atoms with E-state index < -0.39 is 27.9 Å². The van der Waals surface area contributed by atoms with Gasteiger partial charge in [-0.15, -0.1) is 8.09 Å². The monoisotopic (exact) mass is 560 g/mol. The Morgan fingerprint density at radius 1 is 0.256 bits per heavy atom. The van der Waals surface area contributed by atoms with Gasteiger partial charge in [-0.2, -0.15) is 19.9 Å². The van der Waals surface area contributed by atoms with E-state index in [1.54, 1.807) is 0 Å². The largest absolute Gasteiger partial charge is 0.152 e. The van der Waals surface area contributed by atoms with Crippen LogP contribution in [0.4, 0.5) is 0 Å². The molecule has 0 N–H and O–H groups in total. The van der Waals surface area contributed by atoms with E-state index in [2.05, 4.69) is 182 Å². The van der Waals surface area contributed by atoms with Gasteiger partial charge in [-0.1, -0.05) is 109 Å². The quantitative estimate of drug-likeness (QED) is 0.134. The Balaban J connectivity index is 1.82. The highest BCUT2D eigenvalue weighted by Gasteiger charge is 2.43. The number of benzene rings is 6. The summed E-state index contributed by atoms with van der Waals surface area (Å²) in [6.07, 6.45) is 0. The molecular weight excluding hydrogens is 529 g/mol. The third kappa shape index (κ3) is 5.06. The second-order valence-electron chi connectivity index (χ2n) is 9.11. The number of rotatable bonds is 8. The van der Waals surface area contributed by atoms with Gasteiger partial charge in [0.05, 0.1) is 0 Å². The second-order valence-corrected chi connectivity index (χ2v) is 20.7. The minimum Gasteiger partial charge on any atom is -0.152 e. The van der Waals surface area contributed by atoms with Crippen LogP contribution in [0.2, 0.25) is 0 Å². The van der Waals surface area contributed by atoms with Crippen molar-refractivity contribution in [2.24, 2.45) is 0 Å². The third-order valence-corrected chi connectivity index (χ3v) is 23.8. The predicted octanol–water partition coefficient (Wildman–Crippen LogP) is 11.0. The molecule has 6 rings (SSSR count). The lowest BCUT2D eigenvalue weighted by atomic mass is 10.4. The molecular formula is C36H32S3. The maximum absolute atomic E-state index is 2.39. The van der Waals surface area contributed by atoms with E-state index in [-0.39, 0.29) is 0 Å². The summed E-state index contributed by atoms with van der Waals surface area (Å²) in [6, 6.07) is 67.9. The number of hydrogen-bond acceptors (Lipinski definition) is 0. The van der Waals surface area contributed by atoms with Crippen LogP contribution >= 0.6 is 27.9 Å². The van der Waals surface area contributed by atoms with Crippen LogP contribution in [0.5, 0.6) is 0 Å². The van der Waals surface area contributed by atoms with Crippen molar-refractivity contribution in [2.45, 2.75) is 29.4 Å². The van der Waals surface area contributed by atoms with Crippen molar-refractivity contribution in [3.05, 3.63) is 182 Å². The van der Waals surface area contributed by atoms with Crippen molar-refractivity contribution in [2.75, 3.05) is 0 Å². The van der Waals surface area contributed by atoms with Crippen LogP contribution in [0.1, 0.15) is 0 Å². The van der Waals surface area contributed by atoms with Gasteiger partial charge in [0.1, 0.15) is 0 Å². The molecule has 194 valence electrons. The molecule has 0 radical (unpaired) electrons. The van der Waals surface area contributed by atoms with Gasteiger partial charge in [-0.05, 0) is 72.8 Å². The lowest BCUT2D eigenvalue weighted by Gasteiger charge is -2.56. The highest BCUT2D eigenvalue weighted by molar-refractivity contribution is 9.32. The Morgan fingerprint density at radius 2 is 0.462 bits per heavy atom. The fourth-order valence-electron chi connectivity index (χ4n) is 5.02. The first kappa shape index (κ1) is 25.6. The van der Waals surface area contributed by atoms with Crippen molar-refractivity contribution in [1.29, 1.82) is 0 Å². The maximum atomic E-state index is 2.39. The Morgan fingerprint density at radius 3 is 0.692 bits per heavy atom. The molecule has 0 aliphatic rings. The molecule has 0 amide bonds. The van der Waals surface area contributed by atoms with Crippen molar-refractivity contribution in [3.63, 3.8) is 0 Å². The summed E-state index contributed by atoms with van der Waals surface area (Å²) in [4.78, 5) is 8.55. The van der Waals surface area contributed by atoms with E-state index in [0.717, 1.165) is 0 Å². The van der Waals surface area contributed by atoms with Crippen molar-refractivity contribution in [1.82, 2.24) is 0 Å². The van der Waals surface area contributed by atoms with Gasteiger partial charge < -0.3 is 0 Å². The topological polar surface area (TPSA) is 0 Å². The molecule has 0 saturated carbocycles. The molecule has 0 spiro atoms. The number of thiol groups is 2. The lowest BCUT2D eigenvalue weighted by molar-refractivity contribution is 1.36.